The molecule has 2 N–H and O–H groups in total. The molecule has 1 saturated heterocycles. The van der Waals surface area contributed by atoms with E-state index in [1.165, 1.54) is 21.5 Å². The van der Waals surface area contributed by atoms with Crippen molar-refractivity contribution in [2.24, 2.45) is 0 Å². The number of aliphatic hydroxyl groups excluding tert-OH is 1. The highest BCUT2D eigenvalue weighted by atomic mass is 32.2. The SMILES string of the molecule is CN(C(=O)c1cc(S(=O)(=O)N2CCC[C@H](O)C2)c[nH]1)c1ccccc1. The third kappa shape index (κ3) is 3.60. The summed E-state index contributed by atoms with van der Waals surface area (Å²) in [6.45, 7) is 0.457. The number of sulfonamides is 1. The number of carbonyl (C=O) groups is 1. The molecular formula is C17H21N3O4S. The summed E-state index contributed by atoms with van der Waals surface area (Å²) in [5, 5.41) is 9.71. The van der Waals surface area contributed by atoms with Crippen LogP contribution in [0.25, 0.3) is 0 Å². The first-order valence-corrected chi connectivity index (χ1v) is 9.53. The van der Waals surface area contributed by atoms with Crippen LogP contribution in [0.5, 0.6) is 0 Å². The number of H-pyrrole nitrogens is 1. The molecule has 1 aromatic carbocycles. The Morgan fingerprint density at radius 3 is 2.72 bits per heavy atom. The number of anilines is 1. The fourth-order valence-electron chi connectivity index (χ4n) is 2.88. The van der Waals surface area contributed by atoms with Crippen molar-refractivity contribution in [2.75, 3.05) is 25.0 Å². The standard InChI is InChI=1S/C17H21N3O4S/c1-19(13-6-3-2-4-7-13)17(22)16-10-15(11-18-16)25(23,24)20-9-5-8-14(21)12-20/h2-4,6-7,10-11,14,18,21H,5,8-9,12H2,1H3/t14-/m0/s1. The zero-order chi connectivity index (χ0) is 18.0. The van der Waals surface area contributed by atoms with Crippen LogP contribution in [-0.2, 0) is 10.0 Å². The third-order valence-corrected chi connectivity index (χ3v) is 6.17. The van der Waals surface area contributed by atoms with Gasteiger partial charge < -0.3 is 15.0 Å². The normalized spacial score (nSPS) is 18.9. The molecular weight excluding hydrogens is 342 g/mol. The second-order valence-corrected chi connectivity index (χ2v) is 8.05. The summed E-state index contributed by atoms with van der Waals surface area (Å²) in [5.41, 5.74) is 0.910. The summed E-state index contributed by atoms with van der Waals surface area (Å²) >= 11 is 0. The highest BCUT2D eigenvalue weighted by Gasteiger charge is 2.31. The average molecular weight is 363 g/mol. The van der Waals surface area contributed by atoms with Crippen molar-refractivity contribution >= 4 is 21.6 Å². The largest absolute Gasteiger partial charge is 0.392 e. The molecule has 0 spiro atoms. The first-order valence-electron chi connectivity index (χ1n) is 8.09. The molecule has 0 saturated carbocycles. The van der Waals surface area contributed by atoms with Gasteiger partial charge in [0.2, 0.25) is 10.0 Å². The highest BCUT2D eigenvalue weighted by Crippen LogP contribution is 2.22. The maximum absolute atomic E-state index is 12.7. The number of para-hydroxylation sites is 1. The zero-order valence-electron chi connectivity index (χ0n) is 13.9. The van der Waals surface area contributed by atoms with Gasteiger partial charge in [0, 0.05) is 32.0 Å². The highest BCUT2D eigenvalue weighted by molar-refractivity contribution is 7.89. The number of hydrogen-bond acceptors (Lipinski definition) is 4. The number of aromatic amines is 1. The number of rotatable bonds is 4. The van der Waals surface area contributed by atoms with Crippen LogP contribution in [0.15, 0.2) is 47.5 Å². The van der Waals surface area contributed by atoms with E-state index >= 15 is 0 Å². The summed E-state index contributed by atoms with van der Waals surface area (Å²) in [4.78, 5) is 16.8. The van der Waals surface area contributed by atoms with E-state index in [1.54, 1.807) is 19.2 Å². The smallest absolute Gasteiger partial charge is 0.274 e. The van der Waals surface area contributed by atoms with E-state index < -0.39 is 16.1 Å². The summed E-state index contributed by atoms with van der Waals surface area (Å²) in [6, 6.07) is 10.4. The second-order valence-electron chi connectivity index (χ2n) is 6.11. The molecule has 25 heavy (non-hydrogen) atoms. The first-order chi connectivity index (χ1) is 11.9. The fraction of sp³-hybridized carbons (Fsp3) is 0.353. The Morgan fingerprint density at radius 2 is 2.04 bits per heavy atom. The Labute approximate surface area is 146 Å². The molecule has 0 bridgehead atoms. The number of carbonyl (C=O) groups excluding carboxylic acids is 1. The van der Waals surface area contributed by atoms with E-state index in [4.69, 9.17) is 0 Å². The van der Waals surface area contributed by atoms with Gasteiger partial charge in [-0.15, -0.1) is 0 Å². The lowest BCUT2D eigenvalue weighted by molar-refractivity contribution is 0.0988. The van der Waals surface area contributed by atoms with Crippen LogP contribution >= 0.6 is 0 Å². The molecule has 1 amide bonds. The summed E-state index contributed by atoms with van der Waals surface area (Å²) in [5.74, 6) is -0.327. The first kappa shape index (κ1) is 17.7. The Kier molecular flexibility index (Phi) is 4.94. The van der Waals surface area contributed by atoms with Gasteiger partial charge in [-0.3, -0.25) is 4.79 Å². The third-order valence-electron chi connectivity index (χ3n) is 4.33. The molecule has 7 nitrogen and oxygen atoms in total. The van der Waals surface area contributed by atoms with E-state index in [9.17, 15) is 18.3 Å². The van der Waals surface area contributed by atoms with Gasteiger partial charge >= 0.3 is 0 Å². The van der Waals surface area contributed by atoms with Crippen molar-refractivity contribution in [2.45, 2.75) is 23.8 Å². The lowest BCUT2D eigenvalue weighted by Gasteiger charge is -2.28. The summed E-state index contributed by atoms with van der Waals surface area (Å²) in [6.07, 6.45) is 1.90. The fourth-order valence-corrected chi connectivity index (χ4v) is 4.40. The van der Waals surface area contributed by atoms with Crippen LogP contribution in [0.3, 0.4) is 0 Å². The number of aromatic nitrogens is 1. The molecule has 0 aliphatic carbocycles. The van der Waals surface area contributed by atoms with E-state index in [1.807, 2.05) is 18.2 Å². The predicted octanol–water partition coefficient (Wildman–Crippen LogP) is 1.44. The van der Waals surface area contributed by atoms with Crippen LogP contribution in [0.2, 0.25) is 0 Å². The Bertz CT molecular complexity index is 848. The van der Waals surface area contributed by atoms with Crippen LogP contribution in [-0.4, -0.2) is 55.0 Å². The van der Waals surface area contributed by atoms with Crippen molar-refractivity contribution in [1.29, 1.82) is 0 Å². The van der Waals surface area contributed by atoms with Crippen molar-refractivity contribution < 1.29 is 18.3 Å². The minimum absolute atomic E-state index is 0.0337. The number of β-amino-alcohol motifs (C(OH)–C–C–N with tert-alkyl or cyclic N) is 1. The maximum Gasteiger partial charge on any atom is 0.274 e. The number of nitrogens with one attached hydrogen (secondary N) is 1. The molecule has 8 heteroatoms. The van der Waals surface area contributed by atoms with Gasteiger partial charge in [-0.05, 0) is 31.0 Å². The van der Waals surface area contributed by atoms with Crippen molar-refractivity contribution in [1.82, 2.24) is 9.29 Å². The molecule has 3 rings (SSSR count). The predicted molar refractivity (Wildman–Crippen MR) is 94.0 cm³/mol. The van der Waals surface area contributed by atoms with Crippen LogP contribution in [0.4, 0.5) is 5.69 Å². The van der Waals surface area contributed by atoms with Gasteiger partial charge in [0.25, 0.3) is 5.91 Å². The Hall–Kier alpha value is -2.16. The lowest BCUT2D eigenvalue weighted by Crippen LogP contribution is -2.41. The number of piperidine rings is 1. The van der Waals surface area contributed by atoms with Gasteiger partial charge in [-0.2, -0.15) is 4.31 Å². The number of hydrogen-bond donors (Lipinski definition) is 2. The molecule has 1 aromatic heterocycles. The van der Waals surface area contributed by atoms with Crippen LogP contribution in [0.1, 0.15) is 23.3 Å². The van der Waals surface area contributed by atoms with E-state index in [0.717, 1.165) is 0 Å². The van der Waals surface area contributed by atoms with E-state index in [2.05, 4.69) is 4.98 Å². The molecule has 1 aliphatic rings. The number of amides is 1. The number of benzene rings is 1. The molecule has 134 valence electrons. The lowest BCUT2D eigenvalue weighted by atomic mass is 10.1. The molecule has 1 atom stereocenters. The number of nitrogens with zero attached hydrogens (tertiary/aromatic N) is 2. The zero-order valence-corrected chi connectivity index (χ0v) is 14.7. The summed E-state index contributed by atoms with van der Waals surface area (Å²) < 4.78 is 26.6. The topological polar surface area (TPSA) is 93.7 Å². The summed E-state index contributed by atoms with van der Waals surface area (Å²) in [7, 11) is -2.09. The van der Waals surface area contributed by atoms with Crippen LogP contribution in [0, 0.1) is 0 Å². The molecule has 0 unspecified atom stereocenters. The average Bonchev–Trinajstić information content (AvgIpc) is 3.12. The van der Waals surface area contributed by atoms with Gasteiger partial charge in [0.1, 0.15) is 10.6 Å². The minimum Gasteiger partial charge on any atom is -0.392 e. The Balaban J connectivity index is 1.81. The van der Waals surface area contributed by atoms with Crippen molar-refractivity contribution in [3.8, 4) is 0 Å². The molecule has 2 heterocycles. The maximum atomic E-state index is 12.7. The van der Waals surface area contributed by atoms with Gasteiger partial charge in [-0.1, -0.05) is 18.2 Å². The molecule has 2 aromatic rings. The Morgan fingerprint density at radius 1 is 1.32 bits per heavy atom. The minimum atomic E-state index is -3.73. The quantitative estimate of drug-likeness (QED) is 0.859. The van der Waals surface area contributed by atoms with E-state index in [0.29, 0.717) is 25.1 Å². The van der Waals surface area contributed by atoms with Crippen LogP contribution < -0.4 is 4.90 Å². The second kappa shape index (κ2) is 6.99. The molecule has 0 radical (unpaired) electrons. The molecule has 1 fully saturated rings. The van der Waals surface area contributed by atoms with Crippen molar-refractivity contribution in [3.63, 3.8) is 0 Å². The van der Waals surface area contributed by atoms with Gasteiger partial charge in [0.05, 0.1) is 6.10 Å². The van der Waals surface area contributed by atoms with Gasteiger partial charge in [0.15, 0.2) is 0 Å². The van der Waals surface area contributed by atoms with E-state index in [-0.39, 0.29) is 23.0 Å². The van der Waals surface area contributed by atoms with Crippen molar-refractivity contribution in [3.05, 3.63) is 48.3 Å². The number of aliphatic hydroxyl groups is 1. The van der Waals surface area contributed by atoms with Gasteiger partial charge in [-0.25, -0.2) is 8.42 Å². The monoisotopic (exact) mass is 363 g/mol. The molecule has 1 aliphatic heterocycles.